The van der Waals surface area contributed by atoms with Crippen molar-refractivity contribution in [3.8, 4) is 0 Å². The van der Waals surface area contributed by atoms with Gasteiger partial charge in [-0.2, -0.15) is 0 Å². The van der Waals surface area contributed by atoms with Gasteiger partial charge in [0, 0.05) is 6.54 Å². The molecule has 0 aromatic carbocycles. The minimum atomic E-state index is -0.546. The van der Waals surface area contributed by atoms with Crippen molar-refractivity contribution in [2.45, 2.75) is 51.7 Å². The number of carbonyl (C=O) groups excluding carboxylic acids is 2. The van der Waals surface area contributed by atoms with Crippen LogP contribution in [0.4, 0.5) is 4.79 Å². The van der Waals surface area contributed by atoms with Crippen molar-refractivity contribution in [1.29, 1.82) is 0 Å². The van der Waals surface area contributed by atoms with Crippen molar-refractivity contribution < 1.29 is 19.1 Å². The van der Waals surface area contributed by atoms with E-state index in [-0.39, 0.29) is 11.9 Å². The Morgan fingerprint density at radius 1 is 1.21 bits per heavy atom. The summed E-state index contributed by atoms with van der Waals surface area (Å²) in [6.45, 7) is 6.10. The second-order valence-electron chi connectivity index (χ2n) is 6.46. The molecule has 1 amide bonds. The number of hydrogen-bond acceptors (Lipinski definition) is 4. The molecule has 2 aliphatic rings. The van der Waals surface area contributed by atoms with Gasteiger partial charge in [-0.15, -0.1) is 0 Å². The summed E-state index contributed by atoms with van der Waals surface area (Å²) >= 11 is 0. The number of carbonyl (C=O) groups is 2. The van der Waals surface area contributed by atoms with E-state index in [1.54, 1.807) is 4.90 Å². The Hall–Kier alpha value is -1.26. The first kappa shape index (κ1) is 14.2. The number of esters is 1. The van der Waals surface area contributed by atoms with Gasteiger partial charge in [0.05, 0.1) is 7.11 Å². The molecule has 19 heavy (non-hydrogen) atoms. The van der Waals surface area contributed by atoms with Crippen LogP contribution in [0, 0.1) is 11.8 Å². The quantitative estimate of drug-likeness (QED) is 0.685. The predicted molar refractivity (Wildman–Crippen MR) is 69.6 cm³/mol. The molecule has 1 saturated heterocycles. The lowest BCUT2D eigenvalue weighted by Gasteiger charge is -2.28. The molecular weight excluding hydrogens is 246 g/mol. The molecule has 2 rings (SSSR count). The van der Waals surface area contributed by atoms with Crippen molar-refractivity contribution in [3.63, 3.8) is 0 Å². The van der Waals surface area contributed by atoms with Gasteiger partial charge in [-0.25, -0.2) is 9.59 Å². The molecule has 3 atom stereocenters. The van der Waals surface area contributed by atoms with Gasteiger partial charge in [0.2, 0.25) is 0 Å². The summed E-state index contributed by atoms with van der Waals surface area (Å²) in [5, 5.41) is 0. The third-order valence-corrected chi connectivity index (χ3v) is 3.96. The van der Waals surface area contributed by atoms with Gasteiger partial charge < -0.3 is 9.47 Å². The zero-order valence-corrected chi connectivity index (χ0v) is 12.1. The fraction of sp³-hybridized carbons (Fsp3) is 0.857. The van der Waals surface area contributed by atoms with E-state index in [1.807, 2.05) is 20.8 Å². The smallest absolute Gasteiger partial charge is 0.411 e. The molecule has 0 aromatic rings. The lowest BCUT2D eigenvalue weighted by atomic mass is 9.94. The van der Waals surface area contributed by atoms with Crippen molar-refractivity contribution >= 4 is 12.1 Å². The highest BCUT2D eigenvalue weighted by atomic mass is 16.6. The maximum Gasteiger partial charge on any atom is 0.411 e. The lowest BCUT2D eigenvalue weighted by molar-refractivity contribution is -0.147. The fourth-order valence-corrected chi connectivity index (χ4v) is 3.24. The second kappa shape index (κ2) is 5.02. The Kier molecular flexibility index (Phi) is 3.74. The minimum Gasteiger partial charge on any atom is -0.467 e. The van der Waals surface area contributed by atoms with E-state index in [0.717, 1.165) is 19.3 Å². The van der Waals surface area contributed by atoms with E-state index in [2.05, 4.69) is 0 Å². The molecule has 5 nitrogen and oxygen atoms in total. The molecule has 2 fully saturated rings. The lowest BCUT2D eigenvalue weighted by Crippen LogP contribution is -2.46. The van der Waals surface area contributed by atoms with Crippen LogP contribution in [-0.2, 0) is 14.3 Å². The summed E-state index contributed by atoms with van der Waals surface area (Å²) in [4.78, 5) is 25.7. The standard InChI is InChI=1S/C14H23NO4/c1-14(2,3)19-13(17)15-8-9-6-5-7-10(9)11(15)12(16)18-4/h9-11H,5-8H2,1-4H3. The van der Waals surface area contributed by atoms with Crippen LogP contribution >= 0.6 is 0 Å². The van der Waals surface area contributed by atoms with Crippen LogP contribution in [-0.4, -0.2) is 42.3 Å². The molecule has 0 spiro atoms. The molecule has 1 aliphatic heterocycles. The van der Waals surface area contributed by atoms with E-state index in [4.69, 9.17) is 9.47 Å². The average molecular weight is 269 g/mol. The molecule has 1 aliphatic carbocycles. The van der Waals surface area contributed by atoms with Crippen LogP contribution in [0.15, 0.2) is 0 Å². The number of ether oxygens (including phenoxy) is 2. The fourth-order valence-electron chi connectivity index (χ4n) is 3.24. The molecule has 0 aromatic heterocycles. The van der Waals surface area contributed by atoms with Gasteiger partial charge in [0.15, 0.2) is 0 Å². The summed E-state index contributed by atoms with van der Waals surface area (Å²) in [7, 11) is 1.37. The largest absolute Gasteiger partial charge is 0.467 e. The molecule has 0 N–H and O–H groups in total. The van der Waals surface area contributed by atoms with E-state index >= 15 is 0 Å². The van der Waals surface area contributed by atoms with E-state index < -0.39 is 17.7 Å². The molecule has 0 radical (unpaired) electrons. The number of methoxy groups -OCH3 is 1. The van der Waals surface area contributed by atoms with Crippen molar-refractivity contribution in [3.05, 3.63) is 0 Å². The van der Waals surface area contributed by atoms with Gasteiger partial charge in [-0.1, -0.05) is 6.42 Å². The van der Waals surface area contributed by atoms with Gasteiger partial charge in [-0.05, 0) is 45.4 Å². The van der Waals surface area contributed by atoms with Crippen LogP contribution in [0.25, 0.3) is 0 Å². The zero-order valence-electron chi connectivity index (χ0n) is 12.1. The monoisotopic (exact) mass is 269 g/mol. The third kappa shape index (κ3) is 2.85. The van der Waals surface area contributed by atoms with Crippen LogP contribution in [0.2, 0.25) is 0 Å². The number of nitrogens with zero attached hydrogens (tertiary/aromatic N) is 1. The first-order valence-electron chi connectivity index (χ1n) is 6.91. The normalized spacial score (nSPS) is 30.1. The molecule has 0 bridgehead atoms. The Balaban J connectivity index is 2.14. The number of likely N-dealkylation sites (tertiary alicyclic amines) is 1. The summed E-state index contributed by atoms with van der Waals surface area (Å²) in [6, 6.07) is -0.465. The second-order valence-corrected chi connectivity index (χ2v) is 6.46. The van der Waals surface area contributed by atoms with Gasteiger partial charge in [0.1, 0.15) is 11.6 Å². The van der Waals surface area contributed by atoms with Crippen molar-refractivity contribution in [1.82, 2.24) is 4.90 Å². The van der Waals surface area contributed by atoms with Gasteiger partial charge >= 0.3 is 12.1 Å². The van der Waals surface area contributed by atoms with Crippen molar-refractivity contribution in [2.75, 3.05) is 13.7 Å². The van der Waals surface area contributed by atoms with Crippen molar-refractivity contribution in [2.24, 2.45) is 11.8 Å². The van der Waals surface area contributed by atoms with Gasteiger partial charge in [0.25, 0.3) is 0 Å². The molecule has 1 saturated carbocycles. The Morgan fingerprint density at radius 3 is 2.47 bits per heavy atom. The van der Waals surface area contributed by atoms with Crippen LogP contribution in [0.1, 0.15) is 40.0 Å². The van der Waals surface area contributed by atoms with Crippen LogP contribution < -0.4 is 0 Å². The zero-order chi connectivity index (χ0) is 14.2. The number of rotatable bonds is 1. The summed E-state index contributed by atoms with van der Waals surface area (Å²) in [5.74, 6) is 0.330. The Morgan fingerprint density at radius 2 is 1.89 bits per heavy atom. The maximum atomic E-state index is 12.2. The highest BCUT2D eigenvalue weighted by Crippen LogP contribution is 2.42. The highest BCUT2D eigenvalue weighted by Gasteiger charge is 2.51. The van der Waals surface area contributed by atoms with E-state index in [1.165, 1.54) is 7.11 Å². The topological polar surface area (TPSA) is 55.8 Å². The maximum absolute atomic E-state index is 12.2. The number of fused-ring (bicyclic) bond motifs is 1. The minimum absolute atomic E-state index is 0.236. The molecule has 3 unspecified atom stereocenters. The molecule has 108 valence electrons. The van der Waals surface area contributed by atoms with Gasteiger partial charge in [-0.3, -0.25) is 4.90 Å². The third-order valence-electron chi connectivity index (χ3n) is 3.96. The number of amides is 1. The Labute approximate surface area is 114 Å². The van der Waals surface area contributed by atoms with E-state index in [0.29, 0.717) is 12.5 Å². The summed E-state index contributed by atoms with van der Waals surface area (Å²) in [5.41, 5.74) is -0.546. The average Bonchev–Trinajstić information content (AvgIpc) is 2.84. The SMILES string of the molecule is COC(=O)C1C2CCCC2CN1C(=O)OC(C)(C)C. The molecule has 5 heteroatoms. The highest BCUT2D eigenvalue weighted by molar-refractivity contribution is 5.82. The Bertz CT molecular complexity index is 374. The number of hydrogen-bond donors (Lipinski definition) is 0. The van der Waals surface area contributed by atoms with E-state index in [9.17, 15) is 9.59 Å². The molecular formula is C14H23NO4. The van der Waals surface area contributed by atoms with Crippen LogP contribution in [0.5, 0.6) is 0 Å². The summed E-state index contributed by atoms with van der Waals surface area (Å²) < 4.78 is 10.3. The first-order chi connectivity index (χ1) is 8.83. The predicted octanol–water partition coefficient (Wildman–Crippen LogP) is 2.20. The van der Waals surface area contributed by atoms with Crippen LogP contribution in [0.3, 0.4) is 0 Å². The molecule has 1 heterocycles. The summed E-state index contributed by atoms with van der Waals surface area (Å²) in [6.07, 6.45) is 2.80. The first-order valence-corrected chi connectivity index (χ1v) is 6.91.